The summed E-state index contributed by atoms with van der Waals surface area (Å²) in [7, 11) is 12.6. The second-order valence-corrected chi connectivity index (χ2v) is 5.90. The van der Waals surface area contributed by atoms with Gasteiger partial charge in [0.2, 0.25) is 0 Å². The van der Waals surface area contributed by atoms with Crippen LogP contribution in [0.25, 0.3) is 0 Å². The van der Waals surface area contributed by atoms with Gasteiger partial charge in [-0.05, 0) is 54.4 Å². The van der Waals surface area contributed by atoms with E-state index in [0.717, 1.165) is 20.0 Å². The summed E-state index contributed by atoms with van der Waals surface area (Å²) in [5, 5.41) is 4.66. The molecule has 0 spiro atoms. The molecule has 0 aliphatic carbocycles. The van der Waals surface area contributed by atoms with E-state index in [1.807, 2.05) is 0 Å². The van der Waals surface area contributed by atoms with Crippen LogP contribution in [0.4, 0.5) is 5.69 Å². The largest absolute Gasteiger partial charge is 0.295 e. The Balaban J connectivity index is 2.97. The van der Waals surface area contributed by atoms with E-state index in [1.165, 1.54) is 5.69 Å². The second-order valence-electron chi connectivity index (χ2n) is 5.90. The Morgan fingerprint density at radius 1 is 0.650 bits per heavy atom. The minimum atomic E-state index is 0.853. The summed E-state index contributed by atoms with van der Waals surface area (Å²) in [6.45, 7) is 2.60. The SMILES string of the molecule is CN(C)CN(CN(C)C)N(CN(C)C)c1ccccc1. The first-order chi connectivity index (χ1) is 9.40. The zero-order valence-electron chi connectivity index (χ0n) is 13.7. The van der Waals surface area contributed by atoms with Gasteiger partial charge in [-0.25, -0.2) is 0 Å². The van der Waals surface area contributed by atoms with Gasteiger partial charge in [-0.3, -0.25) is 19.7 Å². The summed E-state index contributed by atoms with van der Waals surface area (Å²) in [4.78, 5) is 6.56. The van der Waals surface area contributed by atoms with Crippen LogP contribution in [0.5, 0.6) is 0 Å². The van der Waals surface area contributed by atoms with Gasteiger partial charge >= 0.3 is 0 Å². The van der Waals surface area contributed by atoms with E-state index in [0.29, 0.717) is 0 Å². The summed E-state index contributed by atoms with van der Waals surface area (Å²) in [5.41, 5.74) is 1.21. The lowest BCUT2D eigenvalue weighted by atomic mass is 10.3. The molecule has 1 rings (SSSR count). The first-order valence-corrected chi connectivity index (χ1v) is 6.91. The summed E-state index contributed by atoms with van der Waals surface area (Å²) in [6.07, 6.45) is 0. The van der Waals surface area contributed by atoms with Gasteiger partial charge in [-0.1, -0.05) is 18.2 Å². The van der Waals surface area contributed by atoms with Gasteiger partial charge < -0.3 is 0 Å². The Morgan fingerprint density at radius 2 is 1.10 bits per heavy atom. The van der Waals surface area contributed by atoms with Crippen molar-refractivity contribution in [1.82, 2.24) is 19.7 Å². The number of hydrogen-bond acceptors (Lipinski definition) is 5. The van der Waals surface area contributed by atoms with Crippen LogP contribution in [0.1, 0.15) is 0 Å². The van der Waals surface area contributed by atoms with E-state index in [9.17, 15) is 0 Å². The maximum atomic E-state index is 2.34. The first kappa shape index (κ1) is 16.9. The monoisotopic (exact) mass is 279 g/mol. The Bertz CT molecular complexity index is 354. The number of anilines is 1. The molecular formula is C15H29N5. The van der Waals surface area contributed by atoms with Crippen LogP contribution in [0.2, 0.25) is 0 Å². The van der Waals surface area contributed by atoms with E-state index in [1.54, 1.807) is 0 Å². The molecule has 0 N–H and O–H groups in total. The number of hydrogen-bond donors (Lipinski definition) is 0. The standard InChI is InChI=1S/C15H29N5/c1-16(2)12-19(13-17(3)4)20(14-18(5)6)15-10-8-7-9-11-15/h7-11H,12-14H2,1-6H3. The molecule has 0 aromatic heterocycles. The molecule has 20 heavy (non-hydrogen) atoms. The average molecular weight is 279 g/mol. The molecule has 0 saturated heterocycles. The topological polar surface area (TPSA) is 16.2 Å². The molecule has 0 aliphatic heterocycles. The van der Waals surface area contributed by atoms with Crippen LogP contribution in [-0.4, -0.2) is 82.0 Å². The van der Waals surface area contributed by atoms with Crippen LogP contribution in [0, 0.1) is 0 Å². The van der Waals surface area contributed by atoms with E-state index < -0.39 is 0 Å². The molecule has 0 fully saturated rings. The minimum absolute atomic E-state index is 0.853. The lowest BCUT2D eigenvalue weighted by Gasteiger charge is -2.40. The maximum absolute atomic E-state index is 2.34. The smallest absolute Gasteiger partial charge is 0.0862 e. The third kappa shape index (κ3) is 5.88. The van der Waals surface area contributed by atoms with Crippen LogP contribution in [0.15, 0.2) is 30.3 Å². The van der Waals surface area contributed by atoms with Gasteiger partial charge in [0, 0.05) is 0 Å². The van der Waals surface area contributed by atoms with Crippen molar-refractivity contribution in [1.29, 1.82) is 0 Å². The summed E-state index contributed by atoms with van der Waals surface area (Å²) in [5.74, 6) is 0. The average Bonchev–Trinajstić information content (AvgIpc) is 2.35. The third-order valence-electron chi connectivity index (χ3n) is 2.70. The highest BCUT2D eigenvalue weighted by atomic mass is 15.7. The molecule has 0 heterocycles. The Morgan fingerprint density at radius 3 is 1.50 bits per heavy atom. The fraction of sp³-hybridized carbons (Fsp3) is 0.600. The van der Waals surface area contributed by atoms with Gasteiger partial charge in [0.15, 0.2) is 0 Å². The molecule has 1 aromatic carbocycles. The van der Waals surface area contributed by atoms with Crippen molar-refractivity contribution < 1.29 is 0 Å². The zero-order valence-corrected chi connectivity index (χ0v) is 13.7. The predicted octanol–water partition coefficient (Wildman–Crippen LogP) is 1.27. The van der Waals surface area contributed by atoms with Crippen LogP contribution in [0.3, 0.4) is 0 Å². The van der Waals surface area contributed by atoms with Crippen LogP contribution >= 0.6 is 0 Å². The van der Waals surface area contributed by atoms with Crippen molar-refractivity contribution in [3.63, 3.8) is 0 Å². The van der Waals surface area contributed by atoms with Gasteiger partial charge in [0.05, 0.1) is 25.7 Å². The van der Waals surface area contributed by atoms with Crippen molar-refractivity contribution >= 4 is 5.69 Å². The molecular weight excluding hydrogens is 250 g/mol. The predicted molar refractivity (Wildman–Crippen MR) is 86.4 cm³/mol. The fourth-order valence-corrected chi connectivity index (χ4v) is 2.05. The van der Waals surface area contributed by atoms with E-state index in [2.05, 4.69) is 97.3 Å². The second kappa shape index (κ2) is 8.21. The number of benzene rings is 1. The van der Waals surface area contributed by atoms with Crippen LogP contribution in [-0.2, 0) is 0 Å². The summed E-state index contributed by atoms with van der Waals surface area (Å²) < 4.78 is 0. The molecule has 114 valence electrons. The third-order valence-corrected chi connectivity index (χ3v) is 2.70. The van der Waals surface area contributed by atoms with Gasteiger partial charge in [0.25, 0.3) is 0 Å². The highest BCUT2D eigenvalue weighted by Crippen LogP contribution is 2.16. The molecule has 0 amide bonds. The highest BCUT2D eigenvalue weighted by molar-refractivity contribution is 5.44. The number of para-hydroxylation sites is 1. The molecule has 0 unspecified atom stereocenters. The van der Waals surface area contributed by atoms with Crippen molar-refractivity contribution in [3.8, 4) is 0 Å². The number of hydrazine groups is 1. The fourth-order valence-electron chi connectivity index (χ4n) is 2.05. The maximum Gasteiger partial charge on any atom is 0.0862 e. The van der Waals surface area contributed by atoms with Crippen molar-refractivity contribution in [2.45, 2.75) is 0 Å². The molecule has 0 aliphatic rings. The minimum Gasteiger partial charge on any atom is -0.295 e. The number of rotatable bonds is 8. The number of nitrogens with zero attached hydrogens (tertiary/aromatic N) is 5. The summed E-state index contributed by atoms with van der Waals surface area (Å²) in [6, 6.07) is 10.5. The van der Waals surface area contributed by atoms with Gasteiger partial charge in [0.1, 0.15) is 0 Å². The van der Waals surface area contributed by atoms with E-state index in [-0.39, 0.29) is 0 Å². The lowest BCUT2D eigenvalue weighted by molar-refractivity contribution is 0.0920. The van der Waals surface area contributed by atoms with Gasteiger partial charge in [-0.2, -0.15) is 5.01 Å². The van der Waals surface area contributed by atoms with Gasteiger partial charge in [-0.15, -0.1) is 0 Å². The van der Waals surface area contributed by atoms with E-state index >= 15 is 0 Å². The van der Waals surface area contributed by atoms with Crippen molar-refractivity contribution in [2.24, 2.45) is 0 Å². The Kier molecular flexibility index (Phi) is 6.95. The summed E-state index contributed by atoms with van der Waals surface area (Å²) >= 11 is 0. The quantitative estimate of drug-likeness (QED) is 0.524. The molecule has 0 radical (unpaired) electrons. The molecule has 0 bridgehead atoms. The zero-order chi connectivity index (χ0) is 15.1. The normalized spacial score (nSPS) is 11.9. The van der Waals surface area contributed by atoms with Crippen molar-refractivity contribution in [2.75, 3.05) is 67.3 Å². The molecule has 0 atom stereocenters. The highest BCUT2D eigenvalue weighted by Gasteiger charge is 2.18. The molecule has 5 nitrogen and oxygen atoms in total. The molecule has 0 saturated carbocycles. The molecule has 1 aromatic rings. The lowest BCUT2D eigenvalue weighted by Crippen LogP contribution is -2.53. The van der Waals surface area contributed by atoms with Crippen LogP contribution < -0.4 is 5.01 Å². The molecule has 5 heteroatoms. The Hall–Kier alpha value is -1.14. The van der Waals surface area contributed by atoms with Crippen molar-refractivity contribution in [3.05, 3.63) is 30.3 Å². The first-order valence-electron chi connectivity index (χ1n) is 6.91. The Labute approximate surface area is 123 Å². The van der Waals surface area contributed by atoms with E-state index in [4.69, 9.17) is 0 Å².